The van der Waals surface area contributed by atoms with Crippen molar-refractivity contribution in [2.24, 2.45) is 5.41 Å². The highest BCUT2D eigenvalue weighted by Crippen LogP contribution is 2.44. The van der Waals surface area contributed by atoms with Crippen LogP contribution in [0.25, 0.3) is 0 Å². The zero-order chi connectivity index (χ0) is 13.2. The van der Waals surface area contributed by atoms with E-state index in [1.807, 2.05) is 13.0 Å². The van der Waals surface area contributed by atoms with Gasteiger partial charge in [0.2, 0.25) is 0 Å². The molecule has 1 unspecified atom stereocenters. The van der Waals surface area contributed by atoms with E-state index in [2.05, 4.69) is 6.92 Å². The third kappa shape index (κ3) is 2.59. The van der Waals surface area contributed by atoms with Gasteiger partial charge < -0.3 is 5.11 Å². The van der Waals surface area contributed by atoms with Gasteiger partial charge in [0.1, 0.15) is 5.82 Å². The Balaban J connectivity index is 2.12. The van der Waals surface area contributed by atoms with Crippen LogP contribution in [0.3, 0.4) is 0 Å². The quantitative estimate of drug-likeness (QED) is 0.856. The second-order valence-corrected chi connectivity index (χ2v) is 5.71. The van der Waals surface area contributed by atoms with Crippen LogP contribution in [0.5, 0.6) is 0 Å². The lowest BCUT2D eigenvalue weighted by atomic mass is 9.75. The lowest BCUT2D eigenvalue weighted by Gasteiger charge is -2.33. The molecule has 2 heteroatoms. The molecule has 0 aliphatic heterocycles. The fourth-order valence-corrected chi connectivity index (χ4v) is 3.31. The van der Waals surface area contributed by atoms with Gasteiger partial charge >= 0.3 is 0 Å². The standard InChI is InChI=1S/C16H23FO/c1-3-16(8-4-5-9-16)15(18)11-13-6-7-14(17)10-12(13)2/h6-7,10,15,18H,3-5,8-9,11H2,1-2H3. The maximum atomic E-state index is 13.1. The van der Waals surface area contributed by atoms with E-state index >= 15 is 0 Å². The van der Waals surface area contributed by atoms with Gasteiger partial charge in [-0.25, -0.2) is 4.39 Å². The van der Waals surface area contributed by atoms with Crippen molar-refractivity contribution in [2.45, 2.75) is 58.5 Å². The predicted octanol–water partition coefficient (Wildman–Crippen LogP) is 4.01. The average molecular weight is 250 g/mol. The van der Waals surface area contributed by atoms with Gasteiger partial charge in [-0.15, -0.1) is 0 Å². The molecule has 0 aromatic heterocycles. The summed E-state index contributed by atoms with van der Waals surface area (Å²) in [4.78, 5) is 0. The van der Waals surface area contributed by atoms with Crippen LogP contribution in [0.4, 0.5) is 4.39 Å². The summed E-state index contributed by atoms with van der Waals surface area (Å²) in [6, 6.07) is 4.85. The van der Waals surface area contributed by atoms with Crippen molar-refractivity contribution in [2.75, 3.05) is 0 Å². The minimum absolute atomic E-state index is 0.0980. The van der Waals surface area contributed by atoms with Crippen molar-refractivity contribution in [3.05, 3.63) is 35.1 Å². The SMILES string of the molecule is CCC1(C(O)Cc2ccc(F)cc2C)CCCC1. The van der Waals surface area contributed by atoms with Crippen molar-refractivity contribution in [1.29, 1.82) is 0 Å². The summed E-state index contributed by atoms with van der Waals surface area (Å²) >= 11 is 0. The molecule has 100 valence electrons. The zero-order valence-corrected chi connectivity index (χ0v) is 11.4. The number of aryl methyl sites for hydroxylation is 1. The van der Waals surface area contributed by atoms with Gasteiger partial charge in [-0.1, -0.05) is 25.8 Å². The van der Waals surface area contributed by atoms with E-state index in [9.17, 15) is 9.50 Å². The van der Waals surface area contributed by atoms with Crippen molar-refractivity contribution in [1.82, 2.24) is 0 Å². The molecular weight excluding hydrogens is 227 g/mol. The predicted molar refractivity (Wildman–Crippen MR) is 72.0 cm³/mol. The first kappa shape index (κ1) is 13.5. The van der Waals surface area contributed by atoms with Gasteiger partial charge in [0.15, 0.2) is 0 Å². The van der Waals surface area contributed by atoms with Crippen LogP contribution in [-0.4, -0.2) is 11.2 Å². The molecule has 1 aromatic rings. The topological polar surface area (TPSA) is 20.2 Å². The largest absolute Gasteiger partial charge is 0.392 e. The number of aliphatic hydroxyl groups excluding tert-OH is 1. The van der Waals surface area contributed by atoms with Crippen LogP contribution in [0, 0.1) is 18.2 Å². The maximum absolute atomic E-state index is 13.1. The van der Waals surface area contributed by atoms with E-state index < -0.39 is 0 Å². The molecule has 18 heavy (non-hydrogen) atoms. The molecule has 0 saturated heterocycles. The number of rotatable bonds is 4. The maximum Gasteiger partial charge on any atom is 0.123 e. The molecule has 0 amide bonds. The molecule has 0 heterocycles. The van der Waals surface area contributed by atoms with Gasteiger partial charge in [-0.05, 0) is 61.3 Å². The average Bonchev–Trinajstić information content (AvgIpc) is 2.82. The summed E-state index contributed by atoms with van der Waals surface area (Å²) in [5.74, 6) is -0.197. The molecule has 2 rings (SSSR count). The summed E-state index contributed by atoms with van der Waals surface area (Å²) in [7, 11) is 0. The lowest BCUT2D eigenvalue weighted by molar-refractivity contribution is 0.0256. The Kier molecular flexibility index (Phi) is 4.06. The van der Waals surface area contributed by atoms with Gasteiger partial charge in [-0.3, -0.25) is 0 Å². The monoisotopic (exact) mass is 250 g/mol. The Labute approximate surface area is 109 Å². The molecule has 1 aromatic carbocycles. The number of hydrogen-bond donors (Lipinski definition) is 1. The molecule has 0 spiro atoms. The Bertz CT molecular complexity index is 408. The Morgan fingerprint density at radius 3 is 2.56 bits per heavy atom. The summed E-state index contributed by atoms with van der Waals surface area (Å²) in [5.41, 5.74) is 2.11. The molecular formula is C16H23FO. The lowest BCUT2D eigenvalue weighted by Crippen LogP contribution is -2.33. The van der Waals surface area contributed by atoms with Gasteiger partial charge in [0.25, 0.3) is 0 Å². The van der Waals surface area contributed by atoms with Crippen LogP contribution in [0.1, 0.15) is 50.2 Å². The van der Waals surface area contributed by atoms with Crippen LogP contribution >= 0.6 is 0 Å². The van der Waals surface area contributed by atoms with Crippen LogP contribution in [0.15, 0.2) is 18.2 Å². The van der Waals surface area contributed by atoms with Crippen molar-refractivity contribution >= 4 is 0 Å². The van der Waals surface area contributed by atoms with E-state index in [1.165, 1.54) is 18.9 Å². The van der Waals surface area contributed by atoms with E-state index in [-0.39, 0.29) is 17.3 Å². The Morgan fingerprint density at radius 1 is 1.33 bits per heavy atom. The molecule has 1 nitrogen and oxygen atoms in total. The number of benzene rings is 1. The summed E-state index contributed by atoms with van der Waals surface area (Å²) in [6.07, 6.45) is 6.11. The molecule has 1 saturated carbocycles. The highest BCUT2D eigenvalue weighted by molar-refractivity contribution is 5.27. The van der Waals surface area contributed by atoms with Crippen molar-refractivity contribution in [3.8, 4) is 0 Å². The minimum atomic E-state index is -0.297. The first-order valence-electron chi connectivity index (χ1n) is 7.00. The summed E-state index contributed by atoms with van der Waals surface area (Å²) < 4.78 is 13.1. The highest BCUT2D eigenvalue weighted by atomic mass is 19.1. The normalized spacial score (nSPS) is 20.0. The first-order chi connectivity index (χ1) is 8.57. The summed E-state index contributed by atoms with van der Waals surface area (Å²) in [6.45, 7) is 4.09. The Hall–Kier alpha value is -0.890. The molecule has 1 fully saturated rings. The number of aliphatic hydroxyl groups is 1. The van der Waals surface area contributed by atoms with Crippen LogP contribution in [0.2, 0.25) is 0 Å². The zero-order valence-electron chi connectivity index (χ0n) is 11.4. The van der Waals surface area contributed by atoms with Gasteiger partial charge in [-0.2, -0.15) is 0 Å². The number of halogens is 1. The first-order valence-corrected chi connectivity index (χ1v) is 7.00. The highest BCUT2D eigenvalue weighted by Gasteiger charge is 2.38. The van der Waals surface area contributed by atoms with E-state index in [1.54, 1.807) is 6.07 Å². The van der Waals surface area contributed by atoms with Crippen molar-refractivity contribution < 1.29 is 9.50 Å². The molecule has 1 aliphatic carbocycles. The summed E-state index contributed by atoms with van der Waals surface area (Å²) in [5, 5.41) is 10.6. The van der Waals surface area contributed by atoms with Gasteiger partial charge in [0.05, 0.1) is 6.10 Å². The second kappa shape index (κ2) is 5.40. The van der Waals surface area contributed by atoms with Gasteiger partial charge in [0, 0.05) is 0 Å². The molecule has 1 atom stereocenters. The van der Waals surface area contributed by atoms with Crippen LogP contribution < -0.4 is 0 Å². The number of hydrogen-bond acceptors (Lipinski definition) is 1. The Morgan fingerprint density at radius 2 is 2.00 bits per heavy atom. The third-order valence-electron chi connectivity index (χ3n) is 4.73. The molecule has 0 bridgehead atoms. The van der Waals surface area contributed by atoms with E-state index in [4.69, 9.17) is 0 Å². The smallest absolute Gasteiger partial charge is 0.123 e. The third-order valence-corrected chi connectivity index (χ3v) is 4.73. The minimum Gasteiger partial charge on any atom is -0.392 e. The van der Waals surface area contributed by atoms with E-state index in [0.717, 1.165) is 30.4 Å². The second-order valence-electron chi connectivity index (χ2n) is 5.71. The fourth-order valence-electron chi connectivity index (χ4n) is 3.31. The molecule has 0 radical (unpaired) electrons. The van der Waals surface area contributed by atoms with Crippen molar-refractivity contribution in [3.63, 3.8) is 0 Å². The fraction of sp³-hybridized carbons (Fsp3) is 0.625. The van der Waals surface area contributed by atoms with E-state index in [0.29, 0.717) is 6.42 Å². The van der Waals surface area contributed by atoms with Crippen LogP contribution in [-0.2, 0) is 6.42 Å². The molecule has 1 N–H and O–H groups in total. The molecule has 1 aliphatic rings.